The van der Waals surface area contributed by atoms with Crippen molar-refractivity contribution in [2.24, 2.45) is 0 Å². The standard InChI is InChI=1S/C17H23NO2/c19-13-14-5-7-16(8-6-14)20-17-9-11-18(12-10-17)15-3-1-2-4-15/h5-8,13,15,17H,1-4,9-12H2. The van der Waals surface area contributed by atoms with Gasteiger partial charge in [-0.3, -0.25) is 4.79 Å². The Morgan fingerprint density at radius 2 is 1.65 bits per heavy atom. The second kappa shape index (κ2) is 6.40. The lowest BCUT2D eigenvalue weighted by Gasteiger charge is -2.36. The summed E-state index contributed by atoms with van der Waals surface area (Å²) in [4.78, 5) is 13.3. The molecule has 1 aromatic rings. The van der Waals surface area contributed by atoms with Gasteiger partial charge in [-0.1, -0.05) is 12.8 Å². The molecule has 3 rings (SSSR count). The molecule has 0 spiro atoms. The third kappa shape index (κ3) is 3.21. The van der Waals surface area contributed by atoms with E-state index in [1.807, 2.05) is 24.3 Å². The van der Waals surface area contributed by atoms with Crippen molar-refractivity contribution in [1.29, 1.82) is 0 Å². The molecule has 1 saturated carbocycles. The van der Waals surface area contributed by atoms with E-state index in [1.54, 1.807) is 0 Å². The minimum atomic E-state index is 0.328. The number of hydrogen-bond donors (Lipinski definition) is 0. The molecular formula is C17H23NO2. The van der Waals surface area contributed by atoms with E-state index in [0.717, 1.165) is 30.9 Å². The van der Waals surface area contributed by atoms with E-state index in [2.05, 4.69) is 4.90 Å². The molecule has 2 aliphatic rings. The normalized spacial score (nSPS) is 22.0. The molecule has 0 atom stereocenters. The molecule has 0 amide bonds. The van der Waals surface area contributed by atoms with Crippen molar-refractivity contribution >= 4 is 6.29 Å². The minimum Gasteiger partial charge on any atom is -0.490 e. The van der Waals surface area contributed by atoms with Crippen LogP contribution in [0.25, 0.3) is 0 Å². The molecule has 0 N–H and O–H groups in total. The molecule has 3 heteroatoms. The number of nitrogens with zero attached hydrogens (tertiary/aromatic N) is 1. The summed E-state index contributed by atoms with van der Waals surface area (Å²) in [6.45, 7) is 2.34. The summed E-state index contributed by atoms with van der Waals surface area (Å²) in [5, 5.41) is 0. The molecule has 1 aromatic carbocycles. The van der Waals surface area contributed by atoms with Gasteiger partial charge in [0.15, 0.2) is 0 Å². The third-order valence-electron chi connectivity index (χ3n) is 4.64. The van der Waals surface area contributed by atoms with Crippen LogP contribution in [0.4, 0.5) is 0 Å². The van der Waals surface area contributed by atoms with E-state index < -0.39 is 0 Å². The van der Waals surface area contributed by atoms with Gasteiger partial charge in [-0.15, -0.1) is 0 Å². The summed E-state index contributed by atoms with van der Waals surface area (Å²) in [6.07, 6.45) is 9.02. The maximum absolute atomic E-state index is 10.6. The molecule has 0 unspecified atom stereocenters. The van der Waals surface area contributed by atoms with Crippen molar-refractivity contribution < 1.29 is 9.53 Å². The molecule has 0 radical (unpaired) electrons. The van der Waals surface area contributed by atoms with Crippen molar-refractivity contribution in [2.45, 2.75) is 50.7 Å². The van der Waals surface area contributed by atoms with Gasteiger partial charge in [-0.25, -0.2) is 0 Å². The number of rotatable bonds is 4. The topological polar surface area (TPSA) is 29.5 Å². The zero-order chi connectivity index (χ0) is 13.8. The van der Waals surface area contributed by atoms with Gasteiger partial charge in [0.2, 0.25) is 0 Å². The Labute approximate surface area is 120 Å². The Morgan fingerprint density at radius 3 is 2.25 bits per heavy atom. The summed E-state index contributed by atoms with van der Waals surface area (Å²) in [6, 6.07) is 8.26. The van der Waals surface area contributed by atoms with Crippen LogP contribution in [0.2, 0.25) is 0 Å². The molecule has 0 aromatic heterocycles. The number of aldehydes is 1. The van der Waals surface area contributed by atoms with Crippen LogP contribution >= 0.6 is 0 Å². The van der Waals surface area contributed by atoms with Crippen LogP contribution in [0.5, 0.6) is 5.75 Å². The van der Waals surface area contributed by atoms with Crippen LogP contribution in [0.1, 0.15) is 48.9 Å². The van der Waals surface area contributed by atoms with Gasteiger partial charge in [0.05, 0.1) is 0 Å². The maximum Gasteiger partial charge on any atom is 0.150 e. The number of carbonyl (C=O) groups excluding carboxylic acids is 1. The first-order valence-corrected chi connectivity index (χ1v) is 7.81. The van der Waals surface area contributed by atoms with E-state index in [0.29, 0.717) is 11.7 Å². The first kappa shape index (κ1) is 13.6. The molecule has 2 fully saturated rings. The smallest absolute Gasteiger partial charge is 0.150 e. The second-order valence-electron chi connectivity index (χ2n) is 5.98. The van der Waals surface area contributed by atoms with Crippen LogP contribution in [0, 0.1) is 0 Å². The molecule has 108 valence electrons. The number of carbonyl (C=O) groups is 1. The fourth-order valence-electron chi connectivity index (χ4n) is 3.45. The Hall–Kier alpha value is -1.35. The molecule has 1 saturated heterocycles. The van der Waals surface area contributed by atoms with Crippen molar-refractivity contribution in [2.75, 3.05) is 13.1 Å². The van der Waals surface area contributed by atoms with E-state index in [1.165, 1.54) is 38.8 Å². The van der Waals surface area contributed by atoms with Crippen LogP contribution in [-0.4, -0.2) is 36.4 Å². The van der Waals surface area contributed by atoms with E-state index in [9.17, 15) is 4.79 Å². The Morgan fingerprint density at radius 1 is 1.00 bits per heavy atom. The Kier molecular flexibility index (Phi) is 4.36. The zero-order valence-electron chi connectivity index (χ0n) is 12.0. The Bertz CT molecular complexity index is 429. The maximum atomic E-state index is 10.6. The summed E-state index contributed by atoms with van der Waals surface area (Å²) in [5.74, 6) is 0.884. The number of benzene rings is 1. The summed E-state index contributed by atoms with van der Waals surface area (Å²) in [7, 11) is 0. The van der Waals surface area contributed by atoms with Gasteiger partial charge < -0.3 is 9.64 Å². The van der Waals surface area contributed by atoms with Crippen molar-refractivity contribution in [1.82, 2.24) is 4.90 Å². The van der Waals surface area contributed by atoms with E-state index in [-0.39, 0.29) is 0 Å². The molecule has 3 nitrogen and oxygen atoms in total. The predicted octanol–water partition coefficient (Wildman–Crippen LogP) is 3.28. The third-order valence-corrected chi connectivity index (χ3v) is 4.64. The molecular weight excluding hydrogens is 250 g/mol. The van der Waals surface area contributed by atoms with Crippen LogP contribution < -0.4 is 4.74 Å². The largest absolute Gasteiger partial charge is 0.490 e. The molecule has 1 aliphatic carbocycles. The second-order valence-corrected chi connectivity index (χ2v) is 5.98. The molecule has 1 heterocycles. The average molecular weight is 273 g/mol. The van der Waals surface area contributed by atoms with Gasteiger partial charge >= 0.3 is 0 Å². The van der Waals surface area contributed by atoms with E-state index >= 15 is 0 Å². The zero-order valence-corrected chi connectivity index (χ0v) is 12.0. The highest BCUT2D eigenvalue weighted by Gasteiger charge is 2.27. The quantitative estimate of drug-likeness (QED) is 0.788. The fourth-order valence-corrected chi connectivity index (χ4v) is 3.45. The summed E-state index contributed by atoms with van der Waals surface area (Å²) >= 11 is 0. The summed E-state index contributed by atoms with van der Waals surface area (Å²) < 4.78 is 6.02. The lowest BCUT2D eigenvalue weighted by atomic mass is 10.0. The van der Waals surface area contributed by atoms with Crippen LogP contribution in [0.15, 0.2) is 24.3 Å². The number of hydrogen-bond acceptors (Lipinski definition) is 3. The van der Waals surface area contributed by atoms with Crippen molar-refractivity contribution in [3.05, 3.63) is 29.8 Å². The highest BCUT2D eigenvalue weighted by molar-refractivity contribution is 5.74. The number of piperidine rings is 1. The van der Waals surface area contributed by atoms with Crippen molar-refractivity contribution in [3.8, 4) is 5.75 Å². The average Bonchev–Trinajstić information content (AvgIpc) is 3.03. The van der Waals surface area contributed by atoms with Gasteiger partial charge in [0, 0.05) is 24.7 Å². The minimum absolute atomic E-state index is 0.328. The molecule has 0 bridgehead atoms. The first-order chi connectivity index (χ1) is 9.85. The van der Waals surface area contributed by atoms with Gasteiger partial charge in [0.25, 0.3) is 0 Å². The fraction of sp³-hybridized carbons (Fsp3) is 0.588. The molecule has 20 heavy (non-hydrogen) atoms. The van der Waals surface area contributed by atoms with Crippen molar-refractivity contribution in [3.63, 3.8) is 0 Å². The van der Waals surface area contributed by atoms with Crippen LogP contribution in [-0.2, 0) is 0 Å². The highest BCUT2D eigenvalue weighted by Crippen LogP contribution is 2.27. The SMILES string of the molecule is O=Cc1ccc(OC2CCN(C3CCCC3)CC2)cc1. The van der Waals surface area contributed by atoms with Gasteiger partial charge in [-0.2, -0.15) is 0 Å². The van der Waals surface area contributed by atoms with Gasteiger partial charge in [0.1, 0.15) is 18.1 Å². The lowest BCUT2D eigenvalue weighted by molar-refractivity contribution is 0.0768. The predicted molar refractivity (Wildman–Crippen MR) is 79.3 cm³/mol. The number of ether oxygens (including phenoxy) is 1. The molecule has 1 aliphatic heterocycles. The monoisotopic (exact) mass is 273 g/mol. The highest BCUT2D eigenvalue weighted by atomic mass is 16.5. The lowest BCUT2D eigenvalue weighted by Crippen LogP contribution is -2.43. The van der Waals surface area contributed by atoms with E-state index in [4.69, 9.17) is 4.74 Å². The first-order valence-electron chi connectivity index (χ1n) is 7.81. The van der Waals surface area contributed by atoms with Crippen LogP contribution in [0.3, 0.4) is 0 Å². The van der Waals surface area contributed by atoms with Gasteiger partial charge in [-0.05, 0) is 49.9 Å². The number of likely N-dealkylation sites (tertiary alicyclic amines) is 1. The summed E-state index contributed by atoms with van der Waals surface area (Å²) in [5.41, 5.74) is 0.702. The Balaban J connectivity index is 1.48.